The third kappa shape index (κ3) is 5.54. The first-order valence-electron chi connectivity index (χ1n) is 7.09. The van der Waals surface area contributed by atoms with Crippen LogP contribution in [-0.2, 0) is 14.3 Å². The molecule has 4 nitrogen and oxygen atoms in total. The van der Waals surface area contributed by atoms with Crippen molar-refractivity contribution in [3.8, 4) is 0 Å². The first-order chi connectivity index (χ1) is 11.5. The Kier molecular flexibility index (Phi) is 6.63. The molecule has 0 spiro atoms. The fraction of sp³-hybridized carbons (Fsp3) is 0.176. The fourth-order valence-corrected chi connectivity index (χ4v) is 2.63. The van der Waals surface area contributed by atoms with Gasteiger partial charge >= 0.3 is 5.97 Å². The molecule has 2 aromatic rings. The molecule has 0 aliphatic carbocycles. The number of hydrogen-bond donors (Lipinski definition) is 1. The number of hydrogen-bond acceptors (Lipinski definition) is 4. The van der Waals surface area contributed by atoms with Gasteiger partial charge in [-0.3, -0.25) is 9.59 Å². The number of carbonyl (C=O) groups excluding carboxylic acids is 2. The molecule has 1 amide bonds. The number of carbonyl (C=O) groups is 2. The maximum absolute atomic E-state index is 13.6. The van der Waals surface area contributed by atoms with Gasteiger partial charge in [-0.25, -0.2) is 4.39 Å². The van der Waals surface area contributed by atoms with Crippen LogP contribution in [0.2, 0.25) is 5.02 Å². The molecular formula is C17H15ClFNO3S. The van der Waals surface area contributed by atoms with E-state index in [9.17, 15) is 14.0 Å². The van der Waals surface area contributed by atoms with Gasteiger partial charge in [0.1, 0.15) is 5.82 Å². The highest BCUT2D eigenvalue weighted by Gasteiger charge is 2.19. The standard InChI is InChI=1S/C17H15ClFNO3S/c1-11(17(22)20-15-8-7-12(18)9-14(15)19)23-16(21)10-24-13-5-3-2-4-6-13/h2-9,11H,10H2,1H3,(H,20,22)/t11-/m0/s1. The second-order valence-electron chi connectivity index (χ2n) is 4.85. The van der Waals surface area contributed by atoms with Crippen molar-refractivity contribution in [3.63, 3.8) is 0 Å². The third-order valence-electron chi connectivity index (χ3n) is 2.97. The van der Waals surface area contributed by atoms with Gasteiger partial charge in [0.2, 0.25) is 0 Å². The number of halogens is 2. The molecule has 0 unspecified atom stereocenters. The van der Waals surface area contributed by atoms with Crippen molar-refractivity contribution < 1.29 is 18.7 Å². The first kappa shape index (κ1) is 18.3. The van der Waals surface area contributed by atoms with E-state index in [1.165, 1.54) is 30.8 Å². The van der Waals surface area contributed by atoms with Crippen molar-refractivity contribution in [1.82, 2.24) is 0 Å². The van der Waals surface area contributed by atoms with Crippen molar-refractivity contribution >= 4 is 40.9 Å². The molecule has 7 heteroatoms. The molecule has 2 aromatic carbocycles. The summed E-state index contributed by atoms with van der Waals surface area (Å²) in [7, 11) is 0. The van der Waals surface area contributed by atoms with E-state index < -0.39 is 23.8 Å². The van der Waals surface area contributed by atoms with Gasteiger partial charge in [0.25, 0.3) is 5.91 Å². The average Bonchev–Trinajstić information content (AvgIpc) is 2.56. The normalized spacial score (nSPS) is 11.6. The van der Waals surface area contributed by atoms with Crippen molar-refractivity contribution in [1.29, 1.82) is 0 Å². The summed E-state index contributed by atoms with van der Waals surface area (Å²) in [4.78, 5) is 24.7. The Hall–Kier alpha value is -2.05. The zero-order valence-corrected chi connectivity index (χ0v) is 14.4. The van der Waals surface area contributed by atoms with Gasteiger partial charge in [-0.05, 0) is 37.3 Å². The average molecular weight is 368 g/mol. The lowest BCUT2D eigenvalue weighted by Gasteiger charge is -2.14. The summed E-state index contributed by atoms with van der Waals surface area (Å²) in [6.45, 7) is 1.42. The van der Waals surface area contributed by atoms with E-state index >= 15 is 0 Å². The SMILES string of the molecule is C[C@H](OC(=O)CSc1ccccc1)C(=O)Nc1ccc(Cl)cc1F. The third-order valence-corrected chi connectivity index (χ3v) is 4.19. The molecule has 0 saturated heterocycles. The number of anilines is 1. The monoisotopic (exact) mass is 367 g/mol. The Morgan fingerprint density at radius 3 is 2.62 bits per heavy atom. The van der Waals surface area contributed by atoms with Crippen LogP contribution in [-0.4, -0.2) is 23.7 Å². The topological polar surface area (TPSA) is 55.4 Å². The lowest BCUT2D eigenvalue weighted by atomic mass is 10.3. The van der Waals surface area contributed by atoms with E-state index in [-0.39, 0.29) is 16.5 Å². The van der Waals surface area contributed by atoms with Gasteiger partial charge in [-0.1, -0.05) is 29.8 Å². The Labute approximate surface area is 148 Å². The van der Waals surface area contributed by atoms with Crippen LogP contribution < -0.4 is 5.32 Å². The molecule has 1 atom stereocenters. The summed E-state index contributed by atoms with van der Waals surface area (Å²) in [5.41, 5.74) is -0.0223. The summed E-state index contributed by atoms with van der Waals surface area (Å²) >= 11 is 6.96. The van der Waals surface area contributed by atoms with Crippen LogP contribution in [0.25, 0.3) is 0 Å². The maximum atomic E-state index is 13.6. The first-order valence-corrected chi connectivity index (χ1v) is 8.45. The summed E-state index contributed by atoms with van der Waals surface area (Å²) in [5, 5.41) is 2.58. The molecule has 0 fully saturated rings. The molecule has 2 rings (SSSR count). The molecule has 0 bridgehead atoms. The van der Waals surface area contributed by atoms with Gasteiger partial charge in [-0.2, -0.15) is 0 Å². The number of benzene rings is 2. The Bertz CT molecular complexity index is 727. The van der Waals surface area contributed by atoms with Crippen LogP contribution in [0.4, 0.5) is 10.1 Å². The molecule has 0 aliphatic rings. The van der Waals surface area contributed by atoms with Crippen LogP contribution in [0.5, 0.6) is 0 Å². The maximum Gasteiger partial charge on any atom is 0.317 e. The minimum Gasteiger partial charge on any atom is -0.452 e. The Morgan fingerprint density at radius 2 is 1.96 bits per heavy atom. The predicted octanol–water partition coefficient (Wildman–Crippen LogP) is 4.14. The number of thioether (sulfide) groups is 1. The quantitative estimate of drug-likeness (QED) is 0.615. The Morgan fingerprint density at radius 1 is 1.25 bits per heavy atom. The van der Waals surface area contributed by atoms with Crippen molar-refractivity contribution in [2.45, 2.75) is 17.9 Å². The summed E-state index contributed by atoms with van der Waals surface area (Å²) in [6, 6.07) is 13.2. The second kappa shape index (κ2) is 8.70. The molecule has 0 heterocycles. The van der Waals surface area contributed by atoms with Crippen molar-refractivity contribution in [3.05, 3.63) is 59.4 Å². The predicted molar refractivity (Wildman–Crippen MR) is 92.8 cm³/mol. The molecular weight excluding hydrogens is 353 g/mol. The van der Waals surface area contributed by atoms with E-state index in [0.29, 0.717) is 0 Å². The number of ether oxygens (including phenoxy) is 1. The molecule has 0 aromatic heterocycles. The summed E-state index contributed by atoms with van der Waals surface area (Å²) in [5.74, 6) is -1.72. The lowest BCUT2D eigenvalue weighted by Crippen LogP contribution is -2.30. The van der Waals surface area contributed by atoms with E-state index in [1.807, 2.05) is 30.3 Å². The number of nitrogens with one attached hydrogen (secondary N) is 1. The van der Waals surface area contributed by atoms with E-state index in [1.54, 1.807) is 0 Å². The van der Waals surface area contributed by atoms with Crippen molar-refractivity contribution in [2.24, 2.45) is 0 Å². The highest BCUT2D eigenvalue weighted by atomic mass is 35.5. The molecule has 0 aliphatic heterocycles. The smallest absolute Gasteiger partial charge is 0.317 e. The number of rotatable bonds is 6. The van der Waals surface area contributed by atoms with Gasteiger partial charge in [0.05, 0.1) is 11.4 Å². The number of amides is 1. The van der Waals surface area contributed by atoms with E-state index in [4.69, 9.17) is 16.3 Å². The minimum atomic E-state index is -1.04. The van der Waals surface area contributed by atoms with E-state index in [2.05, 4.69) is 5.32 Å². The minimum absolute atomic E-state index is 0.0223. The van der Waals surface area contributed by atoms with Crippen LogP contribution in [0.15, 0.2) is 53.4 Å². The highest BCUT2D eigenvalue weighted by Crippen LogP contribution is 2.20. The van der Waals surface area contributed by atoms with Gasteiger partial charge in [-0.15, -0.1) is 11.8 Å². The largest absolute Gasteiger partial charge is 0.452 e. The number of esters is 1. The lowest BCUT2D eigenvalue weighted by molar-refractivity contribution is -0.150. The molecule has 1 N–H and O–H groups in total. The molecule has 0 saturated carbocycles. The second-order valence-corrected chi connectivity index (χ2v) is 6.33. The molecule has 24 heavy (non-hydrogen) atoms. The highest BCUT2D eigenvalue weighted by molar-refractivity contribution is 8.00. The van der Waals surface area contributed by atoms with Crippen LogP contribution >= 0.6 is 23.4 Å². The Balaban J connectivity index is 1.83. The van der Waals surface area contributed by atoms with Gasteiger partial charge in [0.15, 0.2) is 6.10 Å². The van der Waals surface area contributed by atoms with E-state index in [0.717, 1.165) is 11.0 Å². The molecule has 0 radical (unpaired) electrons. The summed E-state index contributed by atoms with van der Waals surface area (Å²) in [6.07, 6.45) is -1.04. The van der Waals surface area contributed by atoms with Crippen LogP contribution in [0, 0.1) is 5.82 Å². The zero-order chi connectivity index (χ0) is 17.5. The summed E-state index contributed by atoms with van der Waals surface area (Å²) < 4.78 is 18.7. The van der Waals surface area contributed by atoms with Crippen molar-refractivity contribution in [2.75, 3.05) is 11.1 Å². The van der Waals surface area contributed by atoms with Crippen LogP contribution in [0.1, 0.15) is 6.92 Å². The zero-order valence-electron chi connectivity index (χ0n) is 12.8. The molecule has 126 valence electrons. The van der Waals surface area contributed by atoms with Gasteiger partial charge < -0.3 is 10.1 Å². The van der Waals surface area contributed by atoms with Crippen LogP contribution in [0.3, 0.4) is 0 Å². The fourth-order valence-electron chi connectivity index (χ4n) is 1.77. The van der Waals surface area contributed by atoms with Gasteiger partial charge in [0, 0.05) is 9.92 Å².